The molecule has 0 fully saturated rings. The molecule has 1 heteroatoms. The van der Waals surface area contributed by atoms with Crippen LogP contribution in [0.15, 0.2) is 11.5 Å². The highest BCUT2D eigenvalue weighted by Crippen LogP contribution is 2.11. The summed E-state index contributed by atoms with van der Waals surface area (Å²) in [6, 6.07) is 0. The first-order valence-electron chi connectivity index (χ1n) is 6.71. The number of rotatable bonds is 11. The number of unbranched alkanes of at least 4 members (excludes halogenated alkanes) is 10. The van der Waals surface area contributed by atoms with Crippen LogP contribution in [0.2, 0.25) is 0 Å². The van der Waals surface area contributed by atoms with E-state index in [2.05, 4.69) is 25.6 Å². The summed E-state index contributed by atoms with van der Waals surface area (Å²) in [7, 11) is 0. The van der Waals surface area contributed by atoms with Crippen LogP contribution in [0, 0.1) is 0 Å². The molecule has 0 amide bonds. The molecule has 0 nitrogen and oxygen atoms in total. The molecule has 0 aromatic rings. The van der Waals surface area contributed by atoms with Gasteiger partial charge in [0.2, 0.25) is 0 Å². The second kappa shape index (κ2) is 14.1. The molecule has 0 heterocycles. The molecular formula is C14H28S. The molecule has 0 aliphatic rings. The minimum absolute atomic E-state index is 1.21. The summed E-state index contributed by atoms with van der Waals surface area (Å²) in [5.74, 6) is 0. The zero-order chi connectivity index (χ0) is 11.2. The Labute approximate surface area is 102 Å². The summed E-state index contributed by atoms with van der Waals surface area (Å²) in [4.78, 5) is 0. The van der Waals surface area contributed by atoms with Crippen LogP contribution in [-0.2, 0) is 0 Å². The van der Waals surface area contributed by atoms with Gasteiger partial charge in [-0.15, -0.1) is 0 Å². The Morgan fingerprint density at radius 1 is 0.733 bits per heavy atom. The minimum atomic E-state index is 1.21. The highest BCUT2D eigenvalue weighted by Gasteiger charge is 1.91. The molecule has 0 aromatic carbocycles. The van der Waals surface area contributed by atoms with Crippen molar-refractivity contribution in [2.75, 3.05) is 0 Å². The summed E-state index contributed by atoms with van der Waals surface area (Å²) < 4.78 is 0. The number of hydrogen-bond acceptors (Lipinski definition) is 1. The standard InChI is InChI=1S/C14H28S/c1-2-3-4-5-6-7-8-9-10-11-12-13-14-15/h13-15H,2-12H2,1H3/b14-13+. The van der Waals surface area contributed by atoms with E-state index in [1.54, 1.807) is 0 Å². The fraction of sp³-hybridized carbons (Fsp3) is 0.857. The van der Waals surface area contributed by atoms with Gasteiger partial charge in [-0.3, -0.25) is 0 Å². The van der Waals surface area contributed by atoms with Gasteiger partial charge in [0.25, 0.3) is 0 Å². The van der Waals surface area contributed by atoms with Crippen LogP contribution < -0.4 is 0 Å². The molecule has 0 radical (unpaired) electrons. The highest BCUT2D eigenvalue weighted by molar-refractivity contribution is 7.83. The summed E-state index contributed by atoms with van der Waals surface area (Å²) >= 11 is 4.04. The fourth-order valence-corrected chi connectivity index (χ4v) is 1.97. The first-order valence-corrected chi connectivity index (χ1v) is 7.22. The van der Waals surface area contributed by atoms with Gasteiger partial charge in [0, 0.05) is 0 Å². The summed E-state index contributed by atoms with van der Waals surface area (Å²) in [5, 5.41) is 1.85. The molecule has 0 saturated carbocycles. The van der Waals surface area contributed by atoms with Gasteiger partial charge in [-0.05, 0) is 18.2 Å². The lowest BCUT2D eigenvalue weighted by molar-refractivity contribution is 0.557. The second-order valence-electron chi connectivity index (χ2n) is 4.36. The van der Waals surface area contributed by atoms with E-state index in [1.165, 1.54) is 70.6 Å². The molecule has 0 aliphatic heterocycles. The minimum Gasteiger partial charge on any atom is -0.152 e. The van der Waals surface area contributed by atoms with Crippen LogP contribution in [0.3, 0.4) is 0 Å². The van der Waals surface area contributed by atoms with Gasteiger partial charge in [-0.25, -0.2) is 0 Å². The molecule has 0 aromatic heterocycles. The molecule has 0 saturated heterocycles. The molecule has 0 unspecified atom stereocenters. The van der Waals surface area contributed by atoms with Gasteiger partial charge in [0.15, 0.2) is 0 Å². The summed E-state index contributed by atoms with van der Waals surface area (Å²) in [6.45, 7) is 2.28. The number of allylic oxidation sites excluding steroid dienone is 1. The monoisotopic (exact) mass is 228 g/mol. The van der Waals surface area contributed by atoms with E-state index in [0.717, 1.165) is 0 Å². The van der Waals surface area contributed by atoms with E-state index in [9.17, 15) is 0 Å². The molecule has 0 atom stereocenters. The van der Waals surface area contributed by atoms with Crippen molar-refractivity contribution in [2.45, 2.75) is 77.6 Å². The Morgan fingerprint density at radius 3 is 1.67 bits per heavy atom. The smallest absolute Gasteiger partial charge is 0.0343 e. The van der Waals surface area contributed by atoms with Gasteiger partial charge in [0.1, 0.15) is 0 Å². The maximum atomic E-state index is 4.04. The van der Waals surface area contributed by atoms with E-state index in [1.807, 2.05) is 5.41 Å². The summed E-state index contributed by atoms with van der Waals surface area (Å²) in [5.41, 5.74) is 0. The first-order chi connectivity index (χ1) is 7.41. The lowest BCUT2D eigenvalue weighted by Crippen LogP contribution is -1.81. The molecule has 90 valence electrons. The molecular weight excluding hydrogens is 200 g/mol. The highest BCUT2D eigenvalue weighted by atomic mass is 32.1. The molecule has 0 N–H and O–H groups in total. The van der Waals surface area contributed by atoms with Crippen LogP contribution in [0.1, 0.15) is 77.6 Å². The lowest BCUT2D eigenvalue weighted by atomic mass is 10.1. The Kier molecular flexibility index (Phi) is 14.2. The van der Waals surface area contributed by atoms with Crippen LogP contribution in [-0.4, -0.2) is 0 Å². The Balaban J connectivity index is 2.86. The largest absolute Gasteiger partial charge is 0.152 e. The van der Waals surface area contributed by atoms with E-state index < -0.39 is 0 Å². The van der Waals surface area contributed by atoms with Crippen LogP contribution in [0.5, 0.6) is 0 Å². The van der Waals surface area contributed by atoms with Crippen molar-refractivity contribution in [2.24, 2.45) is 0 Å². The van der Waals surface area contributed by atoms with Crippen molar-refractivity contribution >= 4 is 12.6 Å². The number of thiol groups is 1. The maximum absolute atomic E-state index is 4.04. The predicted octanol–water partition coefficient (Wildman–Crippen LogP) is 5.74. The van der Waals surface area contributed by atoms with Crippen molar-refractivity contribution in [3.05, 3.63) is 11.5 Å². The quantitative estimate of drug-likeness (QED) is 0.338. The first kappa shape index (κ1) is 15.1. The van der Waals surface area contributed by atoms with Crippen molar-refractivity contribution in [3.8, 4) is 0 Å². The molecule has 0 bridgehead atoms. The normalized spacial score (nSPS) is 11.3. The van der Waals surface area contributed by atoms with E-state index in [4.69, 9.17) is 0 Å². The van der Waals surface area contributed by atoms with Crippen LogP contribution in [0.4, 0.5) is 0 Å². The van der Waals surface area contributed by atoms with E-state index in [-0.39, 0.29) is 0 Å². The Hall–Kier alpha value is 0.0900. The van der Waals surface area contributed by atoms with E-state index >= 15 is 0 Å². The van der Waals surface area contributed by atoms with Crippen molar-refractivity contribution < 1.29 is 0 Å². The van der Waals surface area contributed by atoms with Gasteiger partial charge in [-0.1, -0.05) is 70.8 Å². The third kappa shape index (κ3) is 14.1. The van der Waals surface area contributed by atoms with Crippen molar-refractivity contribution in [3.63, 3.8) is 0 Å². The Bertz CT molecular complexity index is 129. The van der Waals surface area contributed by atoms with Gasteiger partial charge in [0.05, 0.1) is 0 Å². The molecule has 15 heavy (non-hydrogen) atoms. The van der Waals surface area contributed by atoms with Crippen molar-refractivity contribution in [1.29, 1.82) is 0 Å². The van der Waals surface area contributed by atoms with Gasteiger partial charge >= 0.3 is 0 Å². The zero-order valence-electron chi connectivity index (χ0n) is 10.4. The molecule has 0 spiro atoms. The maximum Gasteiger partial charge on any atom is -0.0343 e. The van der Waals surface area contributed by atoms with Crippen LogP contribution >= 0.6 is 12.6 Å². The average molecular weight is 228 g/mol. The van der Waals surface area contributed by atoms with Crippen LogP contribution in [0.25, 0.3) is 0 Å². The lowest BCUT2D eigenvalue weighted by Gasteiger charge is -2.01. The Morgan fingerprint density at radius 2 is 1.20 bits per heavy atom. The fourth-order valence-electron chi connectivity index (χ4n) is 1.82. The molecule has 0 aliphatic carbocycles. The predicted molar refractivity (Wildman–Crippen MR) is 74.6 cm³/mol. The topological polar surface area (TPSA) is 0 Å². The summed E-state index contributed by atoms with van der Waals surface area (Å²) in [6.07, 6.45) is 17.6. The SMILES string of the molecule is CCCCCCCCCCCC/C=C/S. The zero-order valence-corrected chi connectivity index (χ0v) is 11.3. The molecule has 0 rings (SSSR count). The average Bonchev–Trinajstić information content (AvgIpc) is 2.26. The third-order valence-corrected chi connectivity index (χ3v) is 3.04. The van der Waals surface area contributed by atoms with Crippen molar-refractivity contribution in [1.82, 2.24) is 0 Å². The number of hydrogen-bond donors (Lipinski definition) is 1. The van der Waals surface area contributed by atoms with Gasteiger partial charge < -0.3 is 0 Å². The third-order valence-electron chi connectivity index (χ3n) is 2.83. The van der Waals surface area contributed by atoms with Gasteiger partial charge in [-0.2, -0.15) is 12.6 Å². The second-order valence-corrected chi connectivity index (χ2v) is 4.65. The van der Waals surface area contributed by atoms with E-state index in [0.29, 0.717) is 0 Å².